The first-order valence-corrected chi connectivity index (χ1v) is 7.70. The molecule has 0 aromatic heterocycles. The van der Waals surface area contributed by atoms with Crippen molar-refractivity contribution in [2.75, 3.05) is 19.3 Å². The van der Waals surface area contributed by atoms with E-state index in [4.69, 9.17) is 15.0 Å². The van der Waals surface area contributed by atoms with Gasteiger partial charge in [0.15, 0.2) is 0 Å². The van der Waals surface area contributed by atoms with Crippen molar-refractivity contribution in [2.45, 2.75) is 38.9 Å². The monoisotopic (exact) mass is 313 g/mol. The van der Waals surface area contributed by atoms with Crippen LogP contribution in [0.4, 0.5) is 5.69 Å². The quantitative estimate of drug-likeness (QED) is 0.659. The van der Waals surface area contributed by atoms with Crippen LogP contribution < -0.4 is 11.1 Å². The van der Waals surface area contributed by atoms with Crippen LogP contribution in [0.2, 0.25) is 0 Å². The molecule has 1 aliphatic heterocycles. The Bertz CT molecular complexity index is 646. The fraction of sp³-hybridized carbons (Fsp3) is 0.471. The van der Waals surface area contributed by atoms with E-state index in [9.17, 15) is 5.26 Å². The van der Waals surface area contributed by atoms with Gasteiger partial charge in [0.05, 0.1) is 22.8 Å². The molecule has 1 heterocycles. The molecule has 122 valence electrons. The third-order valence-electron chi connectivity index (χ3n) is 4.47. The Morgan fingerprint density at radius 2 is 1.91 bits per heavy atom. The number of nitrogen functional groups attached to an aromatic ring is 1. The number of likely N-dealkylation sites (N-methyl/N-ethyl adjacent to an activating group) is 1. The highest BCUT2D eigenvalue weighted by Crippen LogP contribution is 2.38. The molecule has 1 aliphatic rings. The average Bonchev–Trinajstić information content (AvgIpc) is 2.67. The van der Waals surface area contributed by atoms with Crippen LogP contribution in [0.1, 0.15) is 38.8 Å². The average molecular weight is 313 g/mol. The lowest BCUT2D eigenvalue weighted by Crippen LogP contribution is -2.41. The molecule has 0 saturated carbocycles. The maximum absolute atomic E-state index is 9.29. The van der Waals surface area contributed by atoms with E-state index < -0.39 is 18.3 Å². The van der Waals surface area contributed by atoms with Crippen molar-refractivity contribution < 1.29 is 9.31 Å². The molecule has 0 bridgehead atoms. The highest BCUT2D eigenvalue weighted by Gasteiger charge is 2.52. The maximum Gasteiger partial charge on any atom is 0.491 e. The molecule has 0 aliphatic carbocycles. The van der Waals surface area contributed by atoms with Gasteiger partial charge in [0.2, 0.25) is 0 Å². The third-order valence-corrected chi connectivity index (χ3v) is 4.47. The Labute approximate surface area is 138 Å². The van der Waals surface area contributed by atoms with E-state index in [1.165, 1.54) is 0 Å². The predicted octanol–water partition coefficient (Wildman–Crippen LogP) is 2.37. The molecule has 1 fully saturated rings. The normalized spacial score (nSPS) is 19.7. The second kappa shape index (κ2) is 6.36. The molecule has 6 heteroatoms. The topological polar surface area (TPSA) is 80.3 Å². The van der Waals surface area contributed by atoms with Crippen LogP contribution in [0.15, 0.2) is 23.7 Å². The summed E-state index contributed by atoms with van der Waals surface area (Å²) in [5.74, 6) is 0. The number of anilines is 1. The van der Waals surface area contributed by atoms with Crippen LogP contribution in [0.5, 0.6) is 0 Å². The van der Waals surface area contributed by atoms with E-state index in [2.05, 4.69) is 11.4 Å². The fourth-order valence-corrected chi connectivity index (χ4v) is 2.40. The molecule has 0 spiro atoms. The maximum atomic E-state index is 9.29. The number of nitrogens with one attached hydrogen (secondary N) is 1. The van der Waals surface area contributed by atoms with Crippen LogP contribution in [-0.4, -0.2) is 31.9 Å². The Morgan fingerprint density at radius 1 is 1.30 bits per heavy atom. The molecule has 23 heavy (non-hydrogen) atoms. The lowest BCUT2D eigenvalue weighted by atomic mass is 9.76. The number of hydrogen-bond acceptors (Lipinski definition) is 5. The van der Waals surface area contributed by atoms with Gasteiger partial charge in [-0.3, -0.25) is 0 Å². The Balaban J connectivity index is 2.41. The summed E-state index contributed by atoms with van der Waals surface area (Å²) < 4.78 is 12.2. The van der Waals surface area contributed by atoms with Gasteiger partial charge in [-0.25, -0.2) is 0 Å². The fourth-order valence-electron chi connectivity index (χ4n) is 2.40. The van der Waals surface area contributed by atoms with Crippen molar-refractivity contribution in [3.05, 3.63) is 34.8 Å². The molecule has 1 saturated heterocycles. The first-order chi connectivity index (χ1) is 10.7. The highest BCUT2D eigenvalue weighted by molar-refractivity contribution is 6.56. The molecule has 3 N–H and O–H groups in total. The molecule has 0 atom stereocenters. The zero-order chi connectivity index (χ0) is 17.3. The minimum absolute atomic E-state index is 0.404. The van der Waals surface area contributed by atoms with Gasteiger partial charge >= 0.3 is 7.12 Å². The van der Waals surface area contributed by atoms with Gasteiger partial charge in [-0.05, 0) is 64.0 Å². The molecule has 1 aromatic carbocycles. The summed E-state index contributed by atoms with van der Waals surface area (Å²) in [4.78, 5) is 0. The molecule has 5 nitrogen and oxygen atoms in total. The second-order valence-corrected chi connectivity index (χ2v) is 6.80. The van der Waals surface area contributed by atoms with E-state index >= 15 is 0 Å². The molecular formula is C17H24BN3O2. The molecule has 0 radical (unpaired) electrons. The van der Waals surface area contributed by atoms with Crippen molar-refractivity contribution in [3.63, 3.8) is 0 Å². The van der Waals surface area contributed by atoms with E-state index in [1.54, 1.807) is 18.2 Å². The Kier molecular flexibility index (Phi) is 4.85. The number of benzene rings is 1. The standard InChI is InChI=1S/C17H24BN3O2/c1-16(2)17(3,4)23-18(22-16)14(11-21-5)8-13-9-15(20)7-6-12(13)10-19/h6-9,21H,11,20H2,1-5H3. The van der Waals surface area contributed by atoms with E-state index in [1.807, 2.05) is 40.8 Å². The van der Waals surface area contributed by atoms with Crippen molar-refractivity contribution in [1.29, 1.82) is 5.26 Å². The van der Waals surface area contributed by atoms with Crippen molar-refractivity contribution in [3.8, 4) is 6.07 Å². The number of hydrogen-bond donors (Lipinski definition) is 2. The third kappa shape index (κ3) is 3.58. The molecule has 1 aromatic rings. The van der Waals surface area contributed by atoms with E-state index in [0.29, 0.717) is 17.8 Å². The summed E-state index contributed by atoms with van der Waals surface area (Å²) in [7, 11) is 1.41. The number of nitrogens with two attached hydrogens (primary N) is 1. The number of nitriles is 1. The van der Waals surface area contributed by atoms with Crippen LogP contribution in [0.3, 0.4) is 0 Å². The Hall–Kier alpha value is -1.81. The zero-order valence-electron chi connectivity index (χ0n) is 14.4. The van der Waals surface area contributed by atoms with Gasteiger partial charge in [0, 0.05) is 12.2 Å². The highest BCUT2D eigenvalue weighted by atomic mass is 16.7. The predicted molar refractivity (Wildman–Crippen MR) is 93.6 cm³/mol. The van der Waals surface area contributed by atoms with Crippen molar-refractivity contribution in [2.24, 2.45) is 0 Å². The molecule has 0 unspecified atom stereocenters. The minimum atomic E-state index is -0.458. The van der Waals surface area contributed by atoms with Gasteiger partial charge in [-0.15, -0.1) is 0 Å². The van der Waals surface area contributed by atoms with Crippen LogP contribution in [0, 0.1) is 11.3 Å². The van der Waals surface area contributed by atoms with Crippen molar-refractivity contribution >= 4 is 18.9 Å². The van der Waals surface area contributed by atoms with Gasteiger partial charge in [0.25, 0.3) is 0 Å². The Morgan fingerprint density at radius 3 is 2.43 bits per heavy atom. The van der Waals surface area contributed by atoms with Crippen LogP contribution in [0.25, 0.3) is 6.08 Å². The second-order valence-electron chi connectivity index (χ2n) is 6.80. The summed E-state index contributed by atoms with van der Waals surface area (Å²) in [6.45, 7) is 8.67. The van der Waals surface area contributed by atoms with Gasteiger partial charge < -0.3 is 20.4 Å². The number of rotatable bonds is 4. The smallest absolute Gasteiger partial charge is 0.400 e. The summed E-state index contributed by atoms with van der Waals surface area (Å²) >= 11 is 0. The summed E-state index contributed by atoms with van der Waals surface area (Å²) in [5.41, 5.74) is 7.93. The minimum Gasteiger partial charge on any atom is -0.400 e. The summed E-state index contributed by atoms with van der Waals surface area (Å²) in [5, 5.41) is 12.4. The van der Waals surface area contributed by atoms with Crippen molar-refractivity contribution in [1.82, 2.24) is 5.32 Å². The number of nitrogens with zero attached hydrogens (tertiary/aromatic N) is 1. The first-order valence-electron chi connectivity index (χ1n) is 7.70. The molecule has 0 amide bonds. The molecule has 2 rings (SSSR count). The van der Waals surface area contributed by atoms with Gasteiger partial charge in [-0.1, -0.05) is 6.08 Å². The van der Waals surface area contributed by atoms with E-state index in [0.717, 1.165) is 11.0 Å². The summed E-state index contributed by atoms with van der Waals surface area (Å²) in [6.07, 6.45) is 1.92. The molecular weight excluding hydrogens is 289 g/mol. The zero-order valence-corrected chi connectivity index (χ0v) is 14.4. The van der Waals surface area contributed by atoms with Crippen LogP contribution in [-0.2, 0) is 9.31 Å². The van der Waals surface area contributed by atoms with Gasteiger partial charge in [-0.2, -0.15) is 5.26 Å². The van der Waals surface area contributed by atoms with E-state index in [-0.39, 0.29) is 0 Å². The lowest BCUT2D eigenvalue weighted by molar-refractivity contribution is 0.00578. The van der Waals surface area contributed by atoms with Crippen LogP contribution >= 0.6 is 0 Å². The lowest BCUT2D eigenvalue weighted by Gasteiger charge is -2.32. The SMILES string of the molecule is CNCC(=Cc1cc(N)ccc1C#N)B1OC(C)(C)C(C)(C)O1. The first kappa shape index (κ1) is 17.5. The largest absolute Gasteiger partial charge is 0.491 e. The summed E-state index contributed by atoms with van der Waals surface area (Å²) in [6, 6.07) is 7.43. The van der Waals surface area contributed by atoms with Gasteiger partial charge in [0.1, 0.15) is 0 Å².